The van der Waals surface area contributed by atoms with E-state index in [1.54, 1.807) is 0 Å². The Hall–Kier alpha value is -1.73. The van der Waals surface area contributed by atoms with Crippen LogP contribution < -0.4 is 10.6 Å². The molecule has 0 aromatic carbocycles. The normalized spacial score (nSPS) is 12.4. The lowest BCUT2D eigenvalue weighted by atomic mass is 10.0. The topological polar surface area (TPSA) is 80.0 Å². The van der Waals surface area contributed by atoms with Crippen LogP contribution >= 0.6 is 11.3 Å². The highest BCUT2D eigenvalue weighted by Crippen LogP contribution is 2.24. The standard InChI is InChI=1S/C14H20N4O2S/c1-5-12(13-8(2)18-20-9(13)3)15-6-11-7-21-14(17-11)16-10(4)19/h7,12,15H,5-6H2,1-4H3,(H,16,17,19)/t12-/m0/s1. The molecule has 0 saturated carbocycles. The zero-order valence-electron chi connectivity index (χ0n) is 12.7. The molecule has 2 aromatic heterocycles. The van der Waals surface area contributed by atoms with Crippen LogP contribution in [0.25, 0.3) is 0 Å². The molecule has 2 N–H and O–H groups in total. The fourth-order valence-electron chi connectivity index (χ4n) is 2.26. The summed E-state index contributed by atoms with van der Waals surface area (Å²) in [7, 11) is 0. The van der Waals surface area contributed by atoms with E-state index in [0.717, 1.165) is 29.1 Å². The number of amides is 1. The van der Waals surface area contributed by atoms with Crippen LogP contribution in [0.2, 0.25) is 0 Å². The molecule has 0 radical (unpaired) electrons. The SMILES string of the molecule is CC[C@H](NCc1csc(NC(C)=O)n1)c1c(C)noc1C. The lowest BCUT2D eigenvalue weighted by molar-refractivity contribution is -0.114. The Labute approximate surface area is 127 Å². The van der Waals surface area contributed by atoms with Crippen molar-refractivity contribution in [2.45, 2.75) is 46.7 Å². The fourth-order valence-corrected chi connectivity index (χ4v) is 3.02. The van der Waals surface area contributed by atoms with Crippen molar-refractivity contribution in [1.82, 2.24) is 15.5 Å². The summed E-state index contributed by atoms with van der Waals surface area (Å²) in [6.07, 6.45) is 0.936. The second kappa shape index (κ2) is 6.82. The monoisotopic (exact) mass is 308 g/mol. The van der Waals surface area contributed by atoms with E-state index in [4.69, 9.17) is 4.52 Å². The molecule has 0 fully saturated rings. The Morgan fingerprint density at radius 2 is 2.24 bits per heavy atom. The lowest BCUT2D eigenvalue weighted by Gasteiger charge is -2.16. The molecule has 6 nitrogen and oxygen atoms in total. The van der Waals surface area contributed by atoms with Gasteiger partial charge in [0.25, 0.3) is 0 Å². The fraction of sp³-hybridized carbons (Fsp3) is 0.500. The van der Waals surface area contributed by atoms with Gasteiger partial charge in [0.2, 0.25) is 5.91 Å². The van der Waals surface area contributed by atoms with Crippen LogP contribution in [0.4, 0.5) is 5.13 Å². The second-order valence-electron chi connectivity index (χ2n) is 4.90. The molecular formula is C14H20N4O2S. The molecule has 0 aliphatic carbocycles. The first-order valence-corrected chi connectivity index (χ1v) is 7.77. The number of thiazole rings is 1. The number of carbonyl (C=O) groups excluding carboxylic acids is 1. The molecule has 2 rings (SSSR count). The van der Waals surface area contributed by atoms with E-state index in [9.17, 15) is 4.79 Å². The molecule has 0 aliphatic heterocycles. The van der Waals surface area contributed by atoms with Gasteiger partial charge in [-0.1, -0.05) is 12.1 Å². The highest BCUT2D eigenvalue weighted by atomic mass is 32.1. The van der Waals surface area contributed by atoms with Crippen LogP contribution in [-0.2, 0) is 11.3 Å². The minimum atomic E-state index is -0.106. The van der Waals surface area contributed by atoms with E-state index in [0.29, 0.717) is 11.7 Å². The Bertz CT molecular complexity index is 601. The summed E-state index contributed by atoms with van der Waals surface area (Å²) in [4.78, 5) is 15.4. The summed E-state index contributed by atoms with van der Waals surface area (Å²) in [5, 5.41) is 12.7. The van der Waals surface area contributed by atoms with Crippen molar-refractivity contribution >= 4 is 22.4 Å². The van der Waals surface area contributed by atoms with Crippen LogP contribution in [0.1, 0.15) is 49.0 Å². The van der Waals surface area contributed by atoms with Crippen LogP contribution in [0.5, 0.6) is 0 Å². The van der Waals surface area contributed by atoms with E-state index in [-0.39, 0.29) is 11.9 Å². The molecule has 1 atom stereocenters. The van der Waals surface area contributed by atoms with Gasteiger partial charge < -0.3 is 15.2 Å². The number of nitrogens with zero attached hydrogens (tertiary/aromatic N) is 2. The Morgan fingerprint density at radius 3 is 2.81 bits per heavy atom. The third kappa shape index (κ3) is 3.89. The number of nitrogens with one attached hydrogen (secondary N) is 2. The minimum absolute atomic E-state index is 0.106. The van der Waals surface area contributed by atoms with E-state index in [1.807, 2.05) is 19.2 Å². The maximum Gasteiger partial charge on any atom is 0.223 e. The van der Waals surface area contributed by atoms with Gasteiger partial charge in [0.15, 0.2) is 5.13 Å². The largest absolute Gasteiger partial charge is 0.361 e. The summed E-state index contributed by atoms with van der Waals surface area (Å²) in [5.74, 6) is 0.745. The predicted octanol–water partition coefficient (Wildman–Crippen LogP) is 2.95. The van der Waals surface area contributed by atoms with Gasteiger partial charge in [-0.2, -0.15) is 0 Å². The molecule has 114 valence electrons. The maximum absolute atomic E-state index is 11.0. The van der Waals surface area contributed by atoms with E-state index in [1.165, 1.54) is 18.3 Å². The zero-order valence-corrected chi connectivity index (χ0v) is 13.5. The number of aromatic nitrogens is 2. The lowest BCUT2D eigenvalue weighted by Crippen LogP contribution is -2.21. The van der Waals surface area contributed by atoms with Gasteiger partial charge >= 0.3 is 0 Å². The van der Waals surface area contributed by atoms with Gasteiger partial charge in [0, 0.05) is 30.5 Å². The molecule has 0 bridgehead atoms. The number of anilines is 1. The summed E-state index contributed by atoms with van der Waals surface area (Å²) < 4.78 is 5.23. The van der Waals surface area contributed by atoms with Gasteiger partial charge in [0.1, 0.15) is 5.76 Å². The zero-order chi connectivity index (χ0) is 15.4. The van der Waals surface area contributed by atoms with Crippen LogP contribution in [-0.4, -0.2) is 16.0 Å². The van der Waals surface area contributed by atoms with Crippen molar-refractivity contribution < 1.29 is 9.32 Å². The Balaban J connectivity index is 2.00. The summed E-state index contributed by atoms with van der Waals surface area (Å²) >= 11 is 1.43. The van der Waals surface area contributed by atoms with Crippen molar-refractivity contribution in [3.8, 4) is 0 Å². The van der Waals surface area contributed by atoms with E-state index < -0.39 is 0 Å². The molecule has 0 aliphatic rings. The van der Waals surface area contributed by atoms with Crippen molar-refractivity contribution in [3.63, 3.8) is 0 Å². The van der Waals surface area contributed by atoms with Gasteiger partial charge in [0.05, 0.1) is 11.4 Å². The highest BCUT2D eigenvalue weighted by Gasteiger charge is 2.18. The molecule has 2 aromatic rings. The molecule has 0 unspecified atom stereocenters. The smallest absolute Gasteiger partial charge is 0.223 e. The van der Waals surface area contributed by atoms with E-state index in [2.05, 4.69) is 27.7 Å². The average Bonchev–Trinajstić information content (AvgIpc) is 2.99. The van der Waals surface area contributed by atoms with Gasteiger partial charge in [-0.15, -0.1) is 11.3 Å². The quantitative estimate of drug-likeness (QED) is 0.857. The van der Waals surface area contributed by atoms with E-state index >= 15 is 0 Å². The predicted molar refractivity (Wildman–Crippen MR) is 82.3 cm³/mol. The third-order valence-electron chi connectivity index (χ3n) is 3.21. The number of rotatable bonds is 6. The first kappa shape index (κ1) is 15.7. The molecule has 2 heterocycles. The van der Waals surface area contributed by atoms with Crippen molar-refractivity contribution in [2.75, 3.05) is 5.32 Å². The Morgan fingerprint density at radius 1 is 1.48 bits per heavy atom. The maximum atomic E-state index is 11.0. The molecule has 21 heavy (non-hydrogen) atoms. The first-order chi connectivity index (χ1) is 10.0. The second-order valence-corrected chi connectivity index (χ2v) is 5.76. The van der Waals surface area contributed by atoms with Gasteiger partial charge in [-0.25, -0.2) is 4.98 Å². The van der Waals surface area contributed by atoms with Crippen LogP contribution in [0.3, 0.4) is 0 Å². The molecular weight excluding hydrogens is 288 g/mol. The minimum Gasteiger partial charge on any atom is -0.361 e. The van der Waals surface area contributed by atoms with Crippen molar-refractivity contribution in [2.24, 2.45) is 0 Å². The average molecular weight is 308 g/mol. The molecule has 1 amide bonds. The first-order valence-electron chi connectivity index (χ1n) is 6.89. The van der Waals surface area contributed by atoms with Crippen molar-refractivity contribution in [1.29, 1.82) is 0 Å². The van der Waals surface area contributed by atoms with Gasteiger partial charge in [-0.05, 0) is 20.3 Å². The summed E-state index contributed by atoms with van der Waals surface area (Å²) in [6.45, 7) is 8.11. The van der Waals surface area contributed by atoms with Crippen LogP contribution in [0.15, 0.2) is 9.90 Å². The number of hydrogen-bond acceptors (Lipinski definition) is 6. The highest BCUT2D eigenvalue weighted by molar-refractivity contribution is 7.13. The number of carbonyl (C=O) groups is 1. The summed E-state index contributed by atoms with van der Waals surface area (Å²) in [5.41, 5.74) is 2.95. The van der Waals surface area contributed by atoms with Crippen LogP contribution in [0, 0.1) is 13.8 Å². The number of aryl methyl sites for hydroxylation is 2. The molecule has 0 spiro atoms. The Kier molecular flexibility index (Phi) is 5.08. The third-order valence-corrected chi connectivity index (χ3v) is 4.02. The van der Waals surface area contributed by atoms with Crippen molar-refractivity contribution in [3.05, 3.63) is 28.1 Å². The summed E-state index contributed by atoms with van der Waals surface area (Å²) in [6, 6.07) is 0.183. The molecule has 7 heteroatoms. The molecule has 0 saturated heterocycles. The number of hydrogen-bond donors (Lipinski definition) is 2. The van der Waals surface area contributed by atoms with Gasteiger partial charge in [-0.3, -0.25) is 4.79 Å².